The number of para-hydroxylation sites is 2. The number of amides is 1. The fourth-order valence-corrected chi connectivity index (χ4v) is 6.33. The summed E-state index contributed by atoms with van der Waals surface area (Å²) in [7, 11) is 0. The van der Waals surface area contributed by atoms with Gasteiger partial charge in [-0.2, -0.15) is 0 Å². The molecule has 1 unspecified atom stereocenters. The molecule has 1 atom stereocenters. The number of nitrogens with zero attached hydrogens (tertiary/aromatic N) is 3. The van der Waals surface area contributed by atoms with Gasteiger partial charge < -0.3 is 22.2 Å². The molecule has 180 valence electrons. The molecule has 5 rings (SSSR count). The molecule has 34 heavy (non-hydrogen) atoms. The summed E-state index contributed by atoms with van der Waals surface area (Å²) in [5.74, 6) is 0.251. The van der Waals surface area contributed by atoms with E-state index in [2.05, 4.69) is 0 Å². The SMILES string of the molecule is O=C1CCCN1CC(C[NH+]1CCCCC1)Sc1nc2ccccc2c(=O)n1-c1ccccc1.[Cl-]. The Morgan fingerprint density at radius 1 is 0.941 bits per heavy atom. The molecule has 0 bridgehead atoms. The van der Waals surface area contributed by atoms with Crippen molar-refractivity contribution in [3.8, 4) is 5.69 Å². The van der Waals surface area contributed by atoms with Gasteiger partial charge in [0.05, 0.1) is 41.5 Å². The predicted octanol–water partition coefficient (Wildman–Crippen LogP) is -0.458. The molecule has 0 aliphatic carbocycles. The minimum Gasteiger partial charge on any atom is -1.00 e. The van der Waals surface area contributed by atoms with Crippen molar-refractivity contribution in [3.63, 3.8) is 0 Å². The molecule has 0 radical (unpaired) electrons. The lowest BCUT2D eigenvalue weighted by Gasteiger charge is -2.30. The van der Waals surface area contributed by atoms with Crippen LogP contribution in [0.5, 0.6) is 0 Å². The van der Waals surface area contributed by atoms with Crippen molar-refractivity contribution in [2.75, 3.05) is 32.7 Å². The Balaban J connectivity index is 0.00000274. The Hall–Kier alpha value is -2.35. The number of hydrogen-bond donors (Lipinski definition) is 1. The van der Waals surface area contributed by atoms with E-state index >= 15 is 0 Å². The molecule has 0 spiro atoms. The molecule has 3 heterocycles. The number of aromatic nitrogens is 2. The van der Waals surface area contributed by atoms with E-state index in [0.29, 0.717) is 23.5 Å². The lowest BCUT2D eigenvalue weighted by Crippen LogP contribution is -3.13. The monoisotopic (exact) mass is 498 g/mol. The van der Waals surface area contributed by atoms with E-state index in [9.17, 15) is 9.59 Å². The van der Waals surface area contributed by atoms with Crippen molar-refractivity contribution in [3.05, 3.63) is 65.0 Å². The molecule has 2 aromatic carbocycles. The van der Waals surface area contributed by atoms with Gasteiger partial charge in [0.2, 0.25) is 5.91 Å². The second kappa shape index (κ2) is 11.4. The van der Waals surface area contributed by atoms with Gasteiger partial charge in [0.1, 0.15) is 0 Å². The second-order valence-electron chi connectivity index (χ2n) is 9.09. The number of quaternary nitrogens is 1. The summed E-state index contributed by atoms with van der Waals surface area (Å²) in [6, 6.07) is 17.3. The number of halogens is 1. The lowest BCUT2D eigenvalue weighted by atomic mass is 10.1. The molecule has 1 amide bonds. The van der Waals surface area contributed by atoms with Crippen molar-refractivity contribution < 1.29 is 22.1 Å². The van der Waals surface area contributed by atoms with Crippen LogP contribution < -0.4 is 22.9 Å². The first-order chi connectivity index (χ1) is 16.2. The van der Waals surface area contributed by atoms with Crippen molar-refractivity contribution >= 4 is 28.6 Å². The van der Waals surface area contributed by atoms with Crippen molar-refractivity contribution in [1.82, 2.24) is 14.5 Å². The quantitative estimate of drug-likeness (QED) is 0.354. The minimum atomic E-state index is -0.0457. The summed E-state index contributed by atoms with van der Waals surface area (Å²) in [6.07, 6.45) is 5.43. The van der Waals surface area contributed by atoms with Crippen LogP contribution in [0.2, 0.25) is 0 Å². The highest BCUT2D eigenvalue weighted by Crippen LogP contribution is 2.26. The van der Waals surface area contributed by atoms with E-state index in [1.807, 2.05) is 59.5 Å². The fraction of sp³-hybridized carbons (Fsp3) is 0.423. The first kappa shape index (κ1) is 24.8. The number of carbonyl (C=O) groups is 1. The van der Waals surface area contributed by atoms with Gasteiger partial charge >= 0.3 is 0 Å². The standard InChI is InChI=1S/C26H30N4O2S.ClH/c31-24-14-9-17-29(24)19-21(18-28-15-7-2-8-16-28)33-26-27-23-13-6-5-12-22(23)25(32)30(26)20-10-3-1-4-11-20;/h1,3-6,10-13,21H,2,7-9,14-19H2;1H. The highest BCUT2D eigenvalue weighted by atomic mass is 35.5. The third kappa shape index (κ3) is 5.48. The van der Waals surface area contributed by atoms with E-state index in [-0.39, 0.29) is 29.1 Å². The number of piperidine rings is 1. The summed E-state index contributed by atoms with van der Waals surface area (Å²) in [6.45, 7) is 4.89. The molecule has 2 aliphatic heterocycles. The summed E-state index contributed by atoms with van der Waals surface area (Å²) in [4.78, 5) is 34.5. The number of rotatable bonds is 7. The minimum absolute atomic E-state index is 0. The average Bonchev–Trinajstić information content (AvgIpc) is 3.24. The van der Waals surface area contributed by atoms with Crippen LogP contribution in [0.15, 0.2) is 64.5 Å². The molecule has 2 saturated heterocycles. The van der Waals surface area contributed by atoms with E-state index in [0.717, 1.165) is 30.7 Å². The zero-order valence-corrected chi connectivity index (χ0v) is 20.9. The summed E-state index contributed by atoms with van der Waals surface area (Å²) in [5.41, 5.74) is 1.50. The van der Waals surface area contributed by atoms with Crippen molar-refractivity contribution in [1.29, 1.82) is 0 Å². The molecular weight excluding hydrogens is 468 g/mol. The predicted molar refractivity (Wildman–Crippen MR) is 132 cm³/mol. The van der Waals surface area contributed by atoms with Gasteiger partial charge in [-0.05, 0) is 49.9 Å². The Morgan fingerprint density at radius 2 is 1.68 bits per heavy atom. The van der Waals surface area contributed by atoms with Gasteiger partial charge in [-0.1, -0.05) is 42.1 Å². The van der Waals surface area contributed by atoms with E-state index in [4.69, 9.17) is 4.98 Å². The maximum absolute atomic E-state index is 13.6. The lowest BCUT2D eigenvalue weighted by molar-refractivity contribution is -0.904. The number of likely N-dealkylation sites (tertiary alicyclic amines) is 2. The Labute approximate surface area is 210 Å². The normalized spacial score (nSPS) is 17.6. The van der Waals surface area contributed by atoms with Crippen LogP contribution in [-0.4, -0.2) is 58.3 Å². The molecule has 1 aromatic heterocycles. The van der Waals surface area contributed by atoms with Crippen LogP contribution >= 0.6 is 11.8 Å². The van der Waals surface area contributed by atoms with Gasteiger partial charge in [-0.3, -0.25) is 14.2 Å². The highest BCUT2D eigenvalue weighted by molar-refractivity contribution is 7.99. The zero-order chi connectivity index (χ0) is 22.6. The van der Waals surface area contributed by atoms with E-state index in [1.54, 1.807) is 21.2 Å². The summed E-state index contributed by atoms with van der Waals surface area (Å²) < 4.78 is 1.75. The average molecular weight is 499 g/mol. The molecule has 1 N–H and O–H groups in total. The van der Waals surface area contributed by atoms with Gasteiger partial charge in [0, 0.05) is 19.5 Å². The second-order valence-corrected chi connectivity index (χ2v) is 10.4. The largest absolute Gasteiger partial charge is 1.00 e. The zero-order valence-electron chi connectivity index (χ0n) is 19.3. The Bertz CT molecular complexity index is 1180. The van der Waals surface area contributed by atoms with Gasteiger partial charge in [-0.25, -0.2) is 4.98 Å². The van der Waals surface area contributed by atoms with E-state index in [1.165, 1.54) is 32.4 Å². The van der Waals surface area contributed by atoms with Crippen LogP contribution in [0, 0.1) is 0 Å². The maximum atomic E-state index is 13.6. The molecule has 8 heteroatoms. The number of hydrogen-bond acceptors (Lipinski definition) is 4. The first-order valence-electron chi connectivity index (χ1n) is 12.0. The smallest absolute Gasteiger partial charge is 0.266 e. The third-order valence-corrected chi connectivity index (χ3v) is 7.84. The van der Waals surface area contributed by atoms with Crippen molar-refractivity contribution in [2.24, 2.45) is 0 Å². The van der Waals surface area contributed by atoms with Crippen LogP contribution in [0.3, 0.4) is 0 Å². The van der Waals surface area contributed by atoms with Crippen molar-refractivity contribution in [2.45, 2.75) is 42.5 Å². The summed E-state index contributed by atoms with van der Waals surface area (Å²) in [5, 5.41) is 1.51. The molecule has 3 aromatic rings. The molecule has 2 aliphatic rings. The topological polar surface area (TPSA) is 59.6 Å². The number of carbonyl (C=O) groups excluding carboxylic acids is 1. The number of fused-ring (bicyclic) bond motifs is 1. The van der Waals surface area contributed by atoms with E-state index < -0.39 is 0 Å². The van der Waals surface area contributed by atoms with Crippen LogP contribution in [-0.2, 0) is 4.79 Å². The van der Waals surface area contributed by atoms with Gasteiger partial charge in [-0.15, -0.1) is 0 Å². The summed E-state index contributed by atoms with van der Waals surface area (Å²) >= 11 is 1.66. The van der Waals surface area contributed by atoms with Crippen LogP contribution in [0.1, 0.15) is 32.1 Å². The Kier molecular flexibility index (Phi) is 8.29. The number of thioether (sulfide) groups is 1. The van der Waals surface area contributed by atoms with Crippen LogP contribution in [0.25, 0.3) is 16.6 Å². The first-order valence-corrected chi connectivity index (χ1v) is 12.9. The number of benzene rings is 2. The fourth-order valence-electron chi connectivity index (χ4n) is 5.01. The molecule has 0 saturated carbocycles. The maximum Gasteiger partial charge on any atom is 0.266 e. The Morgan fingerprint density at radius 3 is 2.41 bits per heavy atom. The molecule has 2 fully saturated rings. The van der Waals surface area contributed by atoms with Gasteiger partial charge in [0.25, 0.3) is 5.56 Å². The third-order valence-electron chi connectivity index (χ3n) is 6.70. The van der Waals surface area contributed by atoms with Crippen LogP contribution in [0.4, 0.5) is 0 Å². The van der Waals surface area contributed by atoms with Gasteiger partial charge in [0.15, 0.2) is 5.16 Å². The molecular formula is C26H31ClN4O2S. The highest BCUT2D eigenvalue weighted by Gasteiger charge is 2.29. The number of nitrogens with one attached hydrogen (secondary N) is 1. The molecule has 6 nitrogen and oxygen atoms in total.